The molecule has 21 heavy (non-hydrogen) atoms. The van der Waals surface area contributed by atoms with Gasteiger partial charge in [0.25, 0.3) is 0 Å². The maximum atomic E-state index is 12.6. The van der Waals surface area contributed by atoms with Crippen molar-refractivity contribution in [2.24, 2.45) is 5.92 Å². The molecule has 0 bridgehead atoms. The van der Waals surface area contributed by atoms with E-state index in [9.17, 15) is 4.79 Å². The quantitative estimate of drug-likeness (QED) is 0.654. The van der Waals surface area contributed by atoms with E-state index in [1.165, 1.54) is 0 Å². The molecule has 2 rings (SSSR count). The van der Waals surface area contributed by atoms with Crippen molar-refractivity contribution in [3.8, 4) is 11.5 Å². The molecule has 1 aromatic rings. The number of ether oxygens (including phenoxy) is 3. The molecule has 116 valence electrons. The maximum Gasteiger partial charge on any atom is 0.191 e. The lowest BCUT2D eigenvalue weighted by molar-refractivity contribution is 0.0374. The third kappa shape index (κ3) is 3.97. The van der Waals surface area contributed by atoms with Crippen LogP contribution >= 0.6 is 0 Å². The predicted molar refractivity (Wildman–Crippen MR) is 81.2 cm³/mol. The number of hydrogen-bond donors (Lipinski definition) is 0. The first kappa shape index (κ1) is 15.8. The summed E-state index contributed by atoms with van der Waals surface area (Å²) in [6, 6.07) is 5.37. The molecule has 0 radical (unpaired) electrons. The van der Waals surface area contributed by atoms with Crippen molar-refractivity contribution >= 4 is 5.78 Å². The third-order valence-corrected chi connectivity index (χ3v) is 3.48. The second-order valence-corrected chi connectivity index (χ2v) is 5.11. The van der Waals surface area contributed by atoms with Crippen LogP contribution < -0.4 is 9.47 Å². The Labute approximate surface area is 126 Å². The normalized spacial score (nSPS) is 15.6. The molecule has 0 amide bonds. The zero-order valence-electron chi connectivity index (χ0n) is 13.1. The Hall–Kier alpha value is -1.55. The van der Waals surface area contributed by atoms with Gasteiger partial charge in [-0.2, -0.15) is 0 Å². The van der Waals surface area contributed by atoms with E-state index < -0.39 is 0 Å². The number of carbonyl (C=O) groups is 1. The first-order valence-corrected chi connectivity index (χ1v) is 7.76. The van der Waals surface area contributed by atoms with Crippen LogP contribution in [0.5, 0.6) is 11.5 Å². The minimum Gasteiger partial charge on any atom is -0.490 e. The van der Waals surface area contributed by atoms with Crippen molar-refractivity contribution in [2.45, 2.75) is 39.7 Å². The van der Waals surface area contributed by atoms with Gasteiger partial charge in [-0.1, -0.05) is 0 Å². The summed E-state index contributed by atoms with van der Waals surface area (Å²) in [6.45, 7) is 7.42. The summed E-state index contributed by atoms with van der Waals surface area (Å²) >= 11 is 0. The zero-order chi connectivity index (χ0) is 15.2. The van der Waals surface area contributed by atoms with Crippen molar-refractivity contribution in [2.75, 3.05) is 19.8 Å². The number of ketones is 1. The highest BCUT2D eigenvalue weighted by atomic mass is 16.5. The molecular formula is C17H24O4. The molecule has 0 N–H and O–H groups in total. The van der Waals surface area contributed by atoms with Crippen LogP contribution in [0, 0.1) is 5.92 Å². The van der Waals surface area contributed by atoms with Crippen molar-refractivity contribution in [3.05, 3.63) is 23.8 Å². The Bertz CT molecular complexity index is 480. The third-order valence-electron chi connectivity index (χ3n) is 3.48. The molecule has 1 atom stereocenters. The summed E-state index contributed by atoms with van der Waals surface area (Å²) in [5.74, 6) is 1.72. The van der Waals surface area contributed by atoms with Crippen molar-refractivity contribution in [3.63, 3.8) is 0 Å². The monoisotopic (exact) mass is 292 g/mol. The van der Waals surface area contributed by atoms with Gasteiger partial charge in [-0.3, -0.25) is 4.79 Å². The van der Waals surface area contributed by atoms with E-state index in [-0.39, 0.29) is 11.9 Å². The Kier molecular flexibility index (Phi) is 5.62. The highest BCUT2D eigenvalue weighted by Gasteiger charge is 2.37. The lowest BCUT2D eigenvalue weighted by Gasteiger charge is -2.17. The molecular weight excluding hydrogens is 268 g/mol. The van der Waals surface area contributed by atoms with E-state index in [4.69, 9.17) is 14.2 Å². The number of benzene rings is 1. The highest BCUT2D eigenvalue weighted by molar-refractivity contribution is 6.00. The van der Waals surface area contributed by atoms with E-state index in [0.717, 1.165) is 12.8 Å². The first-order valence-electron chi connectivity index (χ1n) is 7.76. The van der Waals surface area contributed by atoms with Crippen molar-refractivity contribution in [1.29, 1.82) is 0 Å². The van der Waals surface area contributed by atoms with E-state index in [1.54, 1.807) is 18.2 Å². The molecule has 4 nitrogen and oxygen atoms in total. The molecule has 0 aliphatic heterocycles. The summed E-state index contributed by atoms with van der Waals surface area (Å²) in [5, 5.41) is 0. The number of Topliss-reactive ketones (excluding diaryl/α,β-unsaturated/α-hetero) is 1. The van der Waals surface area contributed by atoms with Gasteiger partial charge >= 0.3 is 0 Å². The second kappa shape index (κ2) is 7.46. The van der Waals surface area contributed by atoms with Crippen LogP contribution in [-0.2, 0) is 4.74 Å². The van der Waals surface area contributed by atoms with Crippen LogP contribution in [0.25, 0.3) is 0 Å². The summed E-state index contributed by atoms with van der Waals surface area (Å²) in [5.41, 5.74) is 0.632. The highest BCUT2D eigenvalue weighted by Crippen LogP contribution is 2.37. The second-order valence-electron chi connectivity index (χ2n) is 5.11. The van der Waals surface area contributed by atoms with Crippen LogP contribution in [0.3, 0.4) is 0 Å². The summed E-state index contributed by atoms with van der Waals surface area (Å²) < 4.78 is 16.7. The minimum absolute atomic E-state index is 0.0448. The van der Waals surface area contributed by atoms with E-state index >= 15 is 0 Å². The van der Waals surface area contributed by atoms with Crippen LogP contribution in [0.2, 0.25) is 0 Å². The van der Waals surface area contributed by atoms with Crippen LogP contribution in [0.4, 0.5) is 0 Å². The van der Waals surface area contributed by atoms with Crippen LogP contribution in [-0.4, -0.2) is 31.7 Å². The minimum atomic E-state index is -0.317. The number of hydrogen-bond acceptors (Lipinski definition) is 4. The molecule has 4 heteroatoms. The molecule has 0 spiro atoms. The average Bonchev–Trinajstić information content (AvgIpc) is 3.31. The Morgan fingerprint density at radius 2 is 1.76 bits per heavy atom. The van der Waals surface area contributed by atoms with E-state index in [0.29, 0.717) is 42.8 Å². The van der Waals surface area contributed by atoms with E-state index in [2.05, 4.69) is 0 Å². The Morgan fingerprint density at radius 3 is 2.33 bits per heavy atom. The lowest BCUT2D eigenvalue weighted by Crippen LogP contribution is -2.26. The van der Waals surface area contributed by atoms with Gasteiger partial charge in [0.15, 0.2) is 17.3 Å². The van der Waals surface area contributed by atoms with Crippen molar-refractivity contribution in [1.82, 2.24) is 0 Å². The van der Waals surface area contributed by atoms with Gasteiger partial charge in [-0.05, 0) is 57.7 Å². The molecule has 1 unspecified atom stereocenters. The molecule has 0 heterocycles. The molecule has 1 aromatic carbocycles. The fraction of sp³-hybridized carbons (Fsp3) is 0.588. The standard InChI is InChI=1S/C17H24O4/c1-4-19-14-10-9-13(11-15(14)20-5-2)16(18)17(21-6-3)12-7-8-12/h9-12,17H,4-8H2,1-3H3. The smallest absolute Gasteiger partial charge is 0.191 e. The largest absolute Gasteiger partial charge is 0.490 e. The van der Waals surface area contributed by atoms with Gasteiger partial charge in [-0.25, -0.2) is 0 Å². The maximum absolute atomic E-state index is 12.6. The number of rotatable bonds is 9. The lowest BCUT2D eigenvalue weighted by atomic mass is 10.0. The fourth-order valence-electron chi connectivity index (χ4n) is 2.37. The fourth-order valence-corrected chi connectivity index (χ4v) is 2.37. The van der Waals surface area contributed by atoms with Crippen molar-refractivity contribution < 1.29 is 19.0 Å². The molecule has 1 aliphatic carbocycles. The topological polar surface area (TPSA) is 44.8 Å². The SMILES string of the molecule is CCOc1ccc(C(=O)C(OCC)C2CC2)cc1OCC. The van der Waals surface area contributed by atoms with E-state index in [1.807, 2.05) is 20.8 Å². The van der Waals surface area contributed by atoms with Gasteiger partial charge in [-0.15, -0.1) is 0 Å². The summed E-state index contributed by atoms with van der Waals surface area (Å²) in [7, 11) is 0. The van der Waals surface area contributed by atoms with Gasteiger partial charge < -0.3 is 14.2 Å². The number of carbonyl (C=O) groups excluding carboxylic acids is 1. The van der Waals surface area contributed by atoms with Gasteiger partial charge in [0.2, 0.25) is 0 Å². The van der Waals surface area contributed by atoms with Gasteiger partial charge in [0, 0.05) is 12.2 Å². The van der Waals surface area contributed by atoms with Crippen LogP contribution in [0.15, 0.2) is 18.2 Å². The zero-order valence-corrected chi connectivity index (χ0v) is 13.1. The van der Waals surface area contributed by atoms with Gasteiger partial charge in [0.05, 0.1) is 13.2 Å². The van der Waals surface area contributed by atoms with Gasteiger partial charge in [0.1, 0.15) is 6.10 Å². The molecule has 1 fully saturated rings. The molecule has 1 saturated carbocycles. The summed E-state index contributed by atoms with van der Waals surface area (Å²) in [6.07, 6.45) is 1.83. The van der Waals surface area contributed by atoms with Crippen LogP contribution in [0.1, 0.15) is 44.0 Å². The first-order chi connectivity index (χ1) is 10.2. The summed E-state index contributed by atoms with van der Waals surface area (Å²) in [4.78, 5) is 12.6. The predicted octanol–water partition coefficient (Wildman–Crippen LogP) is 3.48. The molecule has 0 aromatic heterocycles. The Balaban J connectivity index is 2.21. The molecule has 1 aliphatic rings. The average molecular weight is 292 g/mol. The Morgan fingerprint density at radius 1 is 1.10 bits per heavy atom. The molecule has 0 saturated heterocycles.